The monoisotopic (exact) mass is 344 g/mol. The van der Waals surface area contributed by atoms with Gasteiger partial charge in [-0.25, -0.2) is 4.39 Å². The molecule has 0 bridgehead atoms. The van der Waals surface area contributed by atoms with E-state index in [4.69, 9.17) is 0 Å². The number of halogens is 1. The molecule has 1 unspecified atom stereocenters. The number of rotatable bonds is 6. The van der Waals surface area contributed by atoms with Crippen molar-refractivity contribution in [2.45, 2.75) is 19.4 Å². The second-order valence-electron chi connectivity index (χ2n) is 5.94. The largest absolute Gasteiger partial charge is 0.388 e. The molecule has 0 aromatic heterocycles. The molecule has 25 heavy (non-hydrogen) atoms. The number of nitrogens with zero attached hydrogens (tertiary/aromatic N) is 1. The van der Waals surface area contributed by atoms with Crippen molar-refractivity contribution >= 4 is 17.5 Å². The molecular weight excluding hydrogens is 323 g/mol. The van der Waals surface area contributed by atoms with Crippen LogP contribution in [0.3, 0.4) is 0 Å². The Morgan fingerprint density at radius 1 is 1.20 bits per heavy atom. The minimum atomic E-state index is -1.12. The average Bonchev–Trinajstić information content (AvgIpc) is 2.56. The Hall–Kier alpha value is -2.73. The molecule has 0 fully saturated rings. The SMILES string of the molecule is Cc1ccc(NC(=O)CN(C)C(=O)CC(O)c2cccc(F)c2)cc1. The Morgan fingerprint density at radius 3 is 2.52 bits per heavy atom. The van der Waals surface area contributed by atoms with Gasteiger partial charge in [0.1, 0.15) is 5.82 Å². The van der Waals surface area contributed by atoms with Crippen LogP contribution in [-0.2, 0) is 9.59 Å². The van der Waals surface area contributed by atoms with Crippen molar-refractivity contribution in [2.24, 2.45) is 0 Å². The first-order chi connectivity index (χ1) is 11.8. The zero-order valence-electron chi connectivity index (χ0n) is 14.2. The lowest BCUT2D eigenvalue weighted by atomic mass is 10.1. The van der Waals surface area contributed by atoms with Gasteiger partial charge in [0.05, 0.1) is 19.1 Å². The molecule has 0 aliphatic heterocycles. The topological polar surface area (TPSA) is 69.6 Å². The number of aliphatic hydroxyl groups excluding tert-OH is 1. The van der Waals surface area contributed by atoms with Crippen molar-refractivity contribution in [1.82, 2.24) is 4.90 Å². The summed E-state index contributed by atoms with van der Waals surface area (Å²) in [6.45, 7) is 1.81. The Labute approximate surface area is 146 Å². The molecule has 2 rings (SSSR count). The summed E-state index contributed by atoms with van der Waals surface area (Å²) in [5, 5.41) is 12.7. The maximum absolute atomic E-state index is 13.2. The second-order valence-corrected chi connectivity index (χ2v) is 5.94. The van der Waals surface area contributed by atoms with E-state index in [0.29, 0.717) is 11.3 Å². The zero-order valence-corrected chi connectivity index (χ0v) is 14.2. The van der Waals surface area contributed by atoms with Crippen LogP contribution in [0.5, 0.6) is 0 Å². The second kappa shape index (κ2) is 8.39. The number of benzene rings is 2. The highest BCUT2D eigenvalue weighted by molar-refractivity contribution is 5.94. The van der Waals surface area contributed by atoms with Crippen LogP contribution < -0.4 is 5.32 Å². The third kappa shape index (κ3) is 5.69. The summed E-state index contributed by atoms with van der Waals surface area (Å²) in [4.78, 5) is 25.4. The number of anilines is 1. The summed E-state index contributed by atoms with van der Waals surface area (Å²) >= 11 is 0. The number of hydrogen-bond acceptors (Lipinski definition) is 3. The van der Waals surface area contributed by atoms with Crippen LogP contribution in [0.15, 0.2) is 48.5 Å². The van der Waals surface area contributed by atoms with Gasteiger partial charge in [-0.3, -0.25) is 9.59 Å². The maximum atomic E-state index is 13.2. The van der Waals surface area contributed by atoms with Gasteiger partial charge in [-0.15, -0.1) is 0 Å². The molecule has 1 atom stereocenters. The number of aryl methyl sites for hydroxylation is 1. The van der Waals surface area contributed by atoms with Gasteiger partial charge in [0.15, 0.2) is 0 Å². The quantitative estimate of drug-likeness (QED) is 0.846. The number of likely N-dealkylation sites (N-methyl/N-ethyl adjacent to an activating group) is 1. The predicted octanol–water partition coefficient (Wildman–Crippen LogP) is 2.65. The summed E-state index contributed by atoms with van der Waals surface area (Å²) in [6.07, 6.45) is -1.34. The predicted molar refractivity (Wildman–Crippen MR) is 93.4 cm³/mol. The number of nitrogens with one attached hydrogen (secondary N) is 1. The van der Waals surface area contributed by atoms with Crippen molar-refractivity contribution in [3.63, 3.8) is 0 Å². The van der Waals surface area contributed by atoms with Gasteiger partial charge < -0.3 is 15.3 Å². The maximum Gasteiger partial charge on any atom is 0.243 e. The van der Waals surface area contributed by atoms with Crippen LogP contribution in [0, 0.1) is 12.7 Å². The third-order valence-corrected chi connectivity index (χ3v) is 3.74. The van der Waals surface area contributed by atoms with Crippen LogP contribution >= 0.6 is 0 Å². The van der Waals surface area contributed by atoms with Gasteiger partial charge in [0, 0.05) is 12.7 Å². The Morgan fingerprint density at radius 2 is 1.88 bits per heavy atom. The van der Waals surface area contributed by atoms with E-state index < -0.39 is 17.8 Å². The first kappa shape index (κ1) is 18.6. The van der Waals surface area contributed by atoms with Crippen LogP contribution in [0.1, 0.15) is 23.7 Å². The molecule has 6 heteroatoms. The Balaban J connectivity index is 1.86. The fraction of sp³-hybridized carbons (Fsp3) is 0.263. The molecule has 2 N–H and O–H groups in total. The van der Waals surface area contributed by atoms with Gasteiger partial charge in [-0.2, -0.15) is 0 Å². The van der Waals surface area contributed by atoms with E-state index in [1.54, 1.807) is 18.2 Å². The first-order valence-corrected chi connectivity index (χ1v) is 7.89. The highest BCUT2D eigenvalue weighted by Crippen LogP contribution is 2.18. The molecule has 2 aromatic rings. The van der Waals surface area contributed by atoms with Gasteiger partial charge in [-0.1, -0.05) is 29.8 Å². The highest BCUT2D eigenvalue weighted by atomic mass is 19.1. The number of carbonyl (C=O) groups excluding carboxylic acids is 2. The van der Waals surface area contributed by atoms with Gasteiger partial charge in [-0.05, 0) is 36.8 Å². The van der Waals surface area contributed by atoms with E-state index >= 15 is 0 Å². The number of carbonyl (C=O) groups is 2. The van der Waals surface area contributed by atoms with Gasteiger partial charge in [0.2, 0.25) is 11.8 Å². The smallest absolute Gasteiger partial charge is 0.243 e. The molecule has 0 spiro atoms. The van der Waals surface area contributed by atoms with Crippen molar-refractivity contribution < 1.29 is 19.1 Å². The van der Waals surface area contributed by atoms with Crippen LogP contribution in [0.25, 0.3) is 0 Å². The van der Waals surface area contributed by atoms with Crippen LogP contribution in [0.2, 0.25) is 0 Å². The van der Waals surface area contributed by atoms with Crippen molar-refractivity contribution in [1.29, 1.82) is 0 Å². The van der Waals surface area contributed by atoms with E-state index in [-0.39, 0.29) is 18.9 Å². The van der Waals surface area contributed by atoms with Crippen molar-refractivity contribution in [2.75, 3.05) is 18.9 Å². The fourth-order valence-electron chi connectivity index (χ4n) is 2.29. The number of hydrogen-bond donors (Lipinski definition) is 2. The molecule has 0 radical (unpaired) electrons. The molecule has 0 aliphatic rings. The molecule has 0 aliphatic carbocycles. The van der Waals surface area contributed by atoms with Crippen LogP contribution in [0.4, 0.5) is 10.1 Å². The summed E-state index contributed by atoms with van der Waals surface area (Å²) in [5.74, 6) is -1.22. The molecule has 0 saturated heterocycles. The fourth-order valence-corrected chi connectivity index (χ4v) is 2.29. The summed E-state index contributed by atoms with van der Waals surface area (Å²) in [5.41, 5.74) is 2.05. The molecule has 0 heterocycles. The van der Waals surface area contributed by atoms with E-state index in [2.05, 4.69) is 5.32 Å². The molecule has 132 valence electrons. The minimum absolute atomic E-state index is 0.136. The molecule has 5 nitrogen and oxygen atoms in total. The number of amides is 2. The molecular formula is C19H21FN2O3. The standard InChI is InChI=1S/C19H21FN2O3/c1-13-6-8-16(9-7-13)21-18(24)12-22(2)19(25)11-17(23)14-4-3-5-15(20)10-14/h3-10,17,23H,11-12H2,1-2H3,(H,21,24). The average molecular weight is 344 g/mol. The Bertz CT molecular complexity index is 747. The van der Waals surface area contributed by atoms with Gasteiger partial charge in [0.25, 0.3) is 0 Å². The number of aliphatic hydroxyl groups is 1. The third-order valence-electron chi connectivity index (χ3n) is 3.74. The van der Waals surface area contributed by atoms with Crippen molar-refractivity contribution in [3.05, 3.63) is 65.5 Å². The van der Waals surface area contributed by atoms with E-state index in [9.17, 15) is 19.1 Å². The lowest BCUT2D eigenvalue weighted by Gasteiger charge is -2.19. The van der Waals surface area contributed by atoms with Gasteiger partial charge >= 0.3 is 0 Å². The van der Waals surface area contributed by atoms with Crippen molar-refractivity contribution in [3.8, 4) is 0 Å². The Kier molecular flexibility index (Phi) is 6.25. The van der Waals surface area contributed by atoms with E-state index in [0.717, 1.165) is 5.56 Å². The first-order valence-electron chi connectivity index (χ1n) is 7.89. The van der Waals surface area contributed by atoms with E-state index in [1.165, 1.54) is 30.1 Å². The lowest BCUT2D eigenvalue weighted by Crippen LogP contribution is -2.35. The summed E-state index contributed by atoms with van der Waals surface area (Å²) in [6, 6.07) is 12.8. The normalized spacial score (nSPS) is 11.7. The molecule has 0 saturated carbocycles. The molecule has 2 aromatic carbocycles. The summed E-state index contributed by atoms with van der Waals surface area (Å²) in [7, 11) is 1.48. The zero-order chi connectivity index (χ0) is 18.4. The minimum Gasteiger partial charge on any atom is -0.388 e. The van der Waals surface area contributed by atoms with Crippen LogP contribution in [-0.4, -0.2) is 35.4 Å². The summed E-state index contributed by atoms with van der Waals surface area (Å²) < 4.78 is 13.2. The highest BCUT2D eigenvalue weighted by Gasteiger charge is 2.18. The van der Waals surface area contributed by atoms with E-state index in [1.807, 2.05) is 19.1 Å². The lowest BCUT2D eigenvalue weighted by molar-refractivity contribution is -0.135. The molecule has 2 amide bonds.